The maximum Gasteiger partial charge on any atom is 0.127 e. The lowest BCUT2D eigenvalue weighted by molar-refractivity contribution is -0.0876. The zero-order valence-corrected chi connectivity index (χ0v) is 10.6. The molecule has 0 heterocycles. The lowest BCUT2D eigenvalue weighted by Crippen LogP contribution is -2.36. The van der Waals surface area contributed by atoms with E-state index in [0.717, 1.165) is 6.42 Å². The second-order valence-electron chi connectivity index (χ2n) is 5.65. The summed E-state index contributed by atoms with van der Waals surface area (Å²) in [5.74, 6) is 0.125. The standard InChI is InChI=1S/C13H23FO2/c1-8(2)15-7-13-6-10(13)5-11(14)12(13)16-9(3)4/h8-12H,5-7H2,1-4H3/t10-,11+,12-,13-/m0/s1/i5T/t5-,10+,11-,12+,13+/m1. The molecule has 0 bridgehead atoms. The third-order valence-electron chi connectivity index (χ3n) is 3.55. The van der Waals surface area contributed by atoms with Crippen molar-refractivity contribution in [2.24, 2.45) is 11.3 Å². The highest BCUT2D eigenvalue weighted by Crippen LogP contribution is 2.65. The van der Waals surface area contributed by atoms with E-state index in [-0.39, 0.29) is 23.5 Å². The van der Waals surface area contributed by atoms with Gasteiger partial charge in [-0.2, -0.15) is 0 Å². The Balaban J connectivity index is 2.05. The molecule has 0 aromatic heterocycles. The Hall–Kier alpha value is -0.150. The molecule has 0 amide bonds. The van der Waals surface area contributed by atoms with Gasteiger partial charge in [0, 0.05) is 6.79 Å². The Morgan fingerprint density at radius 3 is 2.62 bits per heavy atom. The van der Waals surface area contributed by atoms with Gasteiger partial charge in [0.05, 0.1) is 24.9 Å². The summed E-state index contributed by atoms with van der Waals surface area (Å²) in [6.45, 7) is 8.32. The predicted molar refractivity (Wildman–Crippen MR) is 61.2 cm³/mol. The average molecular weight is 232 g/mol. The molecule has 2 fully saturated rings. The molecule has 0 N–H and O–H groups in total. The Bertz CT molecular complexity index is 285. The van der Waals surface area contributed by atoms with Gasteiger partial charge in [-0.25, -0.2) is 4.39 Å². The normalized spacial score (nSPS) is 47.3. The number of hydrogen-bond acceptors (Lipinski definition) is 2. The first-order chi connectivity index (χ1) is 7.88. The summed E-state index contributed by atoms with van der Waals surface area (Å²) in [4.78, 5) is 0. The lowest BCUT2D eigenvalue weighted by Gasteiger charge is -2.28. The molecule has 2 aliphatic carbocycles. The Labute approximate surface area is 98.9 Å². The molecule has 0 aromatic carbocycles. The van der Waals surface area contributed by atoms with E-state index in [1.54, 1.807) is 0 Å². The molecule has 2 aliphatic rings. The van der Waals surface area contributed by atoms with Gasteiger partial charge >= 0.3 is 0 Å². The van der Waals surface area contributed by atoms with Crippen molar-refractivity contribution < 1.29 is 15.2 Å². The molecule has 0 aromatic rings. The first-order valence-electron chi connectivity index (χ1n) is 6.79. The van der Waals surface area contributed by atoms with Gasteiger partial charge in [-0.15, -0.1) is 0 Å². The van der Waals surface area contributed by atoms with Gasteiger partial charge in [-0.3, -0.25) is 0 Å². The molecule has 2 rings (SSSR count). The third kappa shape index (κ3) is 2.12. The highest BCUT2D eigenvalue weighted by atomic mass is 19.1. The molecule has 0 spiro atoms. The lowest BCUT2D eigenvalue weighted by atomic mass is 10.0. The summed E-state index contributed by atoms with van der Waals surface area (Å²) in [7, 11) is 0. The SMILES string of the molecule is [3H][C@H]1[C@@H](F)[C@H](OC(C)C)[C@]2(COC(C)C)C[C@H]12. The van der Waals surface area contributed by atoms with Crippen molar-refractivity contribution in [1.29, 1.82) is 0 Å². The van der Waals surface area contributed by atoms with Crippen molar-refractivity contribution >= 4 is 0 Å². The van der Waals surface area contributed by atoms with Crippen LogP contribution in [0, 0.1) is 11.3 Å². The highest BCUT2D eigenvalue weighted by molar-refractivity contribution is 5.16. The molecule has 0 radical (unpaired) electrons. The number of fused-ring (bicyclic) bond motifs is 1. The van der Waals surface area contributed by atoms with Gasteiger partial charge in [0.15, 0.2) is 0 Å². The van der Waals surface area contributed by atoms with Crippen LogP contribution < -0.4 is 0 Å². The van der Waals surface area contributed by atoms with Crippen molar-refractivity contribution in [1.82, 2.24) is 0 Å². The summed E-state index contributed by atoms with van der Waals surface area (Å²) in [6, 6.07) is 0. The van der Waals surface area contributed by atoms with E-state index in [1.165, 1.54) is 0 Å². The first kappa shape index (κ1) is 11.0. The van der Waals surface area contributed by atoms with Gasteiger partial charge in [-0.05, 0) is 46.4 Å². The Morgan fingerprint density at radius 1 is 1.38 bits per heavy atom. The van der Waals surface area contributed by atoms with Gasteiger partial charge in [0.1, 0.15) is 6.17 Å². The minimum Gasteiger partial charge on any atom is -0.378 e. The maximum atomic E-state index is 14.0. The predicted octanol–water partition coefficient (Wildman–Crippen LogP) is 2.95. The van der Waals surface area contributed by atoms with Gasteiger partial charge in [-0.1, -0.05) is 0 Å². The fourth-order valence-corrected chi connectivity index (χ4v) is 2.65. The summed E-state index contributed by atoms with van der Waals surface area (Å²) < 4.78 is 33.2. The van der Waals surface area contributed by atoms with Crippen LogP contribution >= 0.6 is 0 Å². The van der Waals surface area contributed by atoms with Crippen molar-refractivity contribution in [3.05, 3.63) is 0 Å². The van der Waals surface area contributed by atoms with Crippen LogP contribution in [0.25, 0.3) is 0 Å². The summed E-state index contributed by atoms with van der Waals surface area (Å²) in [6.07, 6.45) is -1.21. The fraction of sp³-hybridized carbons (Fsp3) is 1.00. The average Bonchev–Trinajstić information content (AvgIpc) is 2.92. The van der Waals surface area contributed by atoms with Gasteiger partial charge in [0.2, 0.25) is 0 Å². The number of ether oxygens (including phenoxy) is 2. The van der Waals surface area contributed by atoms with E-state index in [0.29, 0.717) is 6.61 Å². The molecule has 3 heteroatoms. The molecular weight excluding hydrogens is 207 g/mol. The molecule has 94 valence electrons. The van der Waals surface area contributed by atoms with Crippen LogP contribution in [0.2, 0.25) is 0 Å². The molecule has 5 atom stereocenters. The molecule has 0 aliphatic heterocycles. The summed E-state index contributed by atoms with van der Waals surface area (Å²) in [5, 5.41) is 0. The third-order valence-corrected chi connectivity index (χ3v) is 3.55. The number of hydrogen-bond donors (Lipinski definition) is 0. The van der Waals surface area contributed by atoms with E-state index in [1.807, 2.05) is 27.7 Å². The maximum absolute atomic E-state index is 14.0. The molecular formula is C13H23FO2. The second-order valence-corrected chi connectivity index (χ2v) is 5.65. The Morgan fingerprint density at radius 2 is 2.06 bits per heavy atom. The molecule has 2 saturated carbocycles. The van der Waals surface area contributed by atoms with Crippen molar-refractivity contribution in [3.63, 3.8) is 0 Å². The zero-order chi connectivity index (χ0) is 12.8. The monoisotopic (exact) mass is 232 g/mol. The second kappa shape index (κ2) is 4.26. The van der Waals surface area contributed by atoms with E-state index >= 15 is 0 Å². The summed E-state index contributed by atoms with van der Waals surface area (Å²) >= 11 is 0. The number of halogens is 1. The van der Waals surface area contributed by atoms with Crippen LogP contribution in [0.15, 0.2) is 0 Å². The van der Waals surface area contributed by atoms with Crippen LogP contribution in [0.5, 0.6) is 0 Å². The summed E-state index contributed by atoms with van der Waals surface area (Å²) in [5.41, 5.74) is -0.222. The first-order valence-corrected chi connectivity index (χ1v) is 6.22. The van der Waals surface area contributed by atoms with Crippen molar-refractivity contribution in [2.75, 3.05) is 6.61 Å². The van der Waals surface area contributed by atoms with Crippen LogP contribution in [-0.4, -0.2) is 31.1 Å². The van der Waals surface area contributed by atoms with Crippen molar-refractivity contribution in [2.45, 2.75) is 65.0 Å². The van der Waals surface area contributed by atoms with Crippen LogP contribution in [0.3, 0.4) is 0 Å². The highest BCUT2D eigenvalue weighted by Gasteiger charge is 2.67. The zero-order valence-electron chi connectivity index (χ0n) is 11.6. The van der Waals surface area contributed by atoms with E-state index < -0.39 is 18.7 Å². The molecule has 0 unspecified atom stereocenters. The molecule has 0 saturated heterocycles. The van der Waals surface area contributed by atoms with Crippen molar-refractivity contribution in [3.8, 4) is 0 Å². The molecule has 16 heavy (non-hydrogen) atoms. The largest absolute Gasteiger partial charge is 0.378 e. The van der Waals surface area contributed by atoms with E-state index in [2.05, 4.69) is 0 Å². The van der Waals surface area contributed by atoms with E-state index in [4.69, 9.17) is 10.8 Å². The van der Waals surface area contributed by atoms with Gasteiger partial charge in [0.25, 0.3) is 0 Å². The smallest absolute Gasteiger partial charge is 0.127 e. The van der Waals surface area contributed by atoms with Gasteiger partial charge < -0.3 is 9.47 Å². The van der Waals surface area contributed by atoms with Crippen LogP contribution in [-0.2, 0) is 9.47 Å². The molecule has 2 nitrogen and oxygen atoms in total. The number of alkyl halides is 1. The minimum absolute atomic E-state index is 0.000671. The number of rotatable bonds is 5. The van der Waals surface area contributed by atoms with E-state index in [9.17, 15) is 4.39 Å². The Kier molecular flexibility index (Phi) is 2.92. The quantitative estimate of drug-likeness (QED) is 0.725. The minimum atomic E-state index is -1.16. The van der Waals surface area contributed by atoms with Crippen LogP contribution in [0.4, 0.5) is 4.39 Å². The van der Waals surface area contributed by atoms with Crippen LogP contribution in [0.1, 0.15) is 41.9 Å². The fourth-order valence-electron chi connectivity index (χ4n) is 2.65. The topological polar surface area (TPSA) is 18.5 Å².